The third kappa shape index (κ3) is 2.38. The summed E-state index contributed by atoms with van der Waals surface area (Å²) >= 11 is 1.40. The minimum atomic E-state index is 0.0813. The van der Waals surface area contributed by atoms with E-state index >= 15 is 0 Å². The van der Waals surface area contributed by atoms with E-state index in [4.69, 9.17) is 0 Å². The van der Waals surface area contributed by atoms with Crippen molar-refractivity contribution >= 4 is 23.1 Å². The molecule has 1 aliphatic rings. The first-order valence-electron chi connectivity index (χ1n) is 6.63. The number of likely N-dealkylation sites (tertiary alicyclic amines) is 1. The third-order valence-corrected chi connectivity index (χ3v) is 4.34. The van der Waals surface area contributed by atoms with Gasteiger partial charge in [-0.2, -0.15) is 0 Å². The molecule has 0 bridgehead atoms. The first kappa shape index (κ1) is 13.1. The number of pyridine rings is 1. The number of anilines is 1. The zero-order chi connectivity index (χ0) is 13.9. The fraction of sp³-hybridized carbons (Fsp3) is 0.357. The molecular weight excluding hydrogens is 272 g/mol. The Morgan fingerprint density at radius 1 is 1.55 bits per heavy atom. The average Bonchev–Trinajstić information content (AvgIpc) is 3.17. The Kier molecular flexibility index (Phi) is 3.64. The largest absolute Gasteiger partial charge is 0.373 e. The summed E-state index contributed by atoms with van der Waals surface area (Å²) in [6.07, 6.45) is 5.47. The van der Waals surface area contributed by atoms with Crippen LogP contribution in [0.3, 0.4) is 0 Å². The standard InChI is InChI=1S/C14H16N4OS/c1-15-13-7-10(4-5-17-13)11-3-2-6-18(11)14(19)12-8-16-9-20-12/h4-5,7-9,11H,2-3,6H2,1H3,(H,15,17). The van der Waals surface area contributed by atoms with Crippen molar-refractivity contribution in [3.63, 3.8) is 0 Å². The number of hydrogen-bond acceptors (Lipinski definition) is 5. The van der Waals surface area contributed by atoms with E-state index in [-0.39, 0.29) is 11.9 Å². The predicted molar refractivity (Wildman–Crippen MR) is 78.9 cm³/mol. The Morgan fingerprint density at radius 3 is 3.20 bits per heavy atom. The lowest BCUT2D eigenvalue weighted by Crippen LogP contribution is -2.30. The summed E-state index contributed by atoms with van der Waals surface area (Å²) in [7, 11) is 1.85. The highest BCUT2D eigenvalue weighted by Crippen LogP contribution is 2.34. The zero-order valence-corrected chi connectivity index (χ0v) is 12.1. The molecule has 1 fully saturated rings. The van der Waals surface area contributed by atoms with Crippen LogP contribution in [0.4, 0.5) is 5.82 Å². The molecule has 0 aromatic carbocycles. The van der Waals surface area contributed by atoms with Crippen molar-refractivity contribution in [2.45, 2.75) is 18.9 Å². The van der Waals surface area contributed by atoms with Gasteiger partial charge in [0, 0.05) is 19.8 Å². The maximum Gasteiger partial charge on any atom is 0.266 e. The number of rotatable bonds is 3. The van der Waals surface area contributed by atoms with Crippen LogP contribution in [0, 0.1) is 0 Å². The minimum Gasteiger partial charge on any atom is -0.373 e. The molecule has 3 rings (SSSR count). The molecule has 0 radical (unpaired) electrons. The van der Waals surface area contributed by atoms with Gasteiger partial charge < -0.3 is 10.2 Å². The molecule has 1 atom stereocenters. The van der Waals surface area contributed by atoms with Crippen LogP contribution < -0.4 is 5.32 Å². The van der Waals surface area contributed by atoms with E-state index in [0.717, 1.165) is 30.8 Å². The van der Waals surface area contributed by atoms with Gasteiger partial charge in [-0.15, -0.1) is 11.3 Å². The maximum atomic E-state index is 12.5. The van der Waals surface area contributed by atoms with Crippen LogP contribution in [0.15, 0.2) is 30.0 Å². The van der Waals surface area contributed by atoms with Crippen LogP contribution in [0.5, 0.6) is 0 Å². The minimum absolute atomic E-state index is 0.0813. The second-order valence-corrected chi connectivity index (χ2v) is 5.63. The van der Waals surface area contributed by atoms with E-state index in [0.29, 0.717) is 4.88 Å². The van der Waals surface area contributed by atoms with Crippen LogP contribution >= 0.6 is 11.3 Å². The van der Waals surface area contributed by atoms with Gasteiger partial charge in [-0.05, 0) is 30.5 Å². The van der Waals surface area contributed by atoms with E-state index in [9.17, 15) is 4.79 Å². The molecule has 5 nitrogen and oxygen atoms in total. The molecule has 3 heterocycles. The predicted octanol–water partition coefficient (Wildman–Crippen LogP) is 2.56. The van der Waals surface area contributed by atoms with Crippen molar-refractivity contribution in [1.29, 1.82) is 0 Å². The van der Waals surface area contributed by atoms with Crippen molar-refractivity contribution in [2.24, 2.45) is 0 Å². The Balaban J connectivity index is 1.86. The summed E-state index contributed by atoms with van der Waals surface area (Å²) in [6, 6.07) is 4.15. The number of carbonyl (C=O) groups is 1. The van der Waals surface area contributed by atoms with Gasteiger partial charge in [0.1, 0.15) is 10.7 Å². The molecule has 1 amide bonds. The Morgan fingerprint density at radius 2 is 2.45 bits per heavy atom. The number of thiazole rings is 1. The van der Waals surface area contributed by atoms with Crippen LogP contribution in [0.25, 0.3) is 0 Å². The van der Waals surface area contributed by atoms with Gasteiger partial charge in [-0.1, -0.05) is 0 Å². The third-order valence-electron chi connectivity index (χ3n) is 3.58. The highest BCUT2D eigenvalue weighted by Gasteiger charge is 2.31. The van der Waals surface area contributed by atoms with E-state index in [1.807, 2.05) is 24.1 Å². The van der Waals surface area contributed by atoms with Crippen molar-refractivity contribution in [1.82, 2.24) is 14.9 Å². The number of amides is 1. The van der Waals surface area contributed by atoms with Gasteiger partial charge in [0.2, 0.25) is 0 Å². The van der Waals surface area contributed by atoms with Crippen LogP contribution in [-0.4, -0.2) is 34.4 Å². The van der Waals surface area contributed by atoms with Crippen molar-refractivity contribution in [3.8, 4) is 0 Å². The molecule has 2 aromatic rings. The van der Waals surface area contributed by atoms with Gasteiger partial charge in [0.15, 0.2) is 0 Å². The molecule has 0 spiro atoms. The summed E-state index contributed by atoms with van der Waals surface area (Å²) in [6.45, 7) is 0.804. The van der Waals surface area contributed by atoms with Gasteiger partial charge in [-0.3, -0.25) is 9.78 Å². The molecule has 6 heteroatoms. The zero-order valence-electron chi connectivity index (χ0n) is 11.2. The first-order chi connectivity index (χ1) is 9.79. The number of aromatic nitrogens is 2. The molecular formula is C14H16N4OS. The van der Waals surface area contributed by atoms with E-state index in [1.54, 1.807) is 17.9 Å². The quantitative estimate of drug-likeness (QED) is 0.943. The normalized spacial score (nSPS) is 18.2. The lowest BCUT2D eigenvalue weighted by atomic mass is 10.1. The summed E-state index contributed by atoms with van der Waals surface area (Å²) in [5.74, 6) is 0.914. The van der Waals surface area contributed by atoms with E-state index < -0.39 is 0 Å². The topological polar surface area (TPSA) is 58.1 Å². The Labute approximate surface area is 121 Å². The molecule has 2 aromatic heterocycles. The lowest BCUT2D eigenvalue weighted by Gasteiger charge is -2.24. The molecule has 1 aliphatic heterocycles. The Hall–Kier alpha value is -1.95. The second kappa shape index (κ2) is 5.58. The van der Waals surface area contributed by atoms with Crippen LogP contribution in [0.1, 0.15) is 34.1 Å². The van der Waals surface area contributed by atoms with Crippen LogP contribution in [0.2, 0.25) is 0 Å². The molecule has 1 N–H and O–H groups in total. The lowest BCUT2D eigenvalue weighted by molar-refractivity contribution is 0.0740. The fourth-order valence-corrected chi connectivity index (χ4v) is 3.19. The van der Waals surface area contributed by atoms with Crippen molar-refractivity contribution in [3.05, 3.63) is 40.5 Å². The Bertz CT molecular complexity index is 599. The van der Waals surface area contributed by atoms with Crippen molar-refractivity contribution < 1.29 is 4.79 Å². The number of hydrogen-bond donors (Lipinski definition) is 1. The monoisotopic (exact) mass is 288 g/mol. The summed E-state index contributed by atoms with van der Waals surface area (Å²) in [5, 5.41) is 3.04. The number of nitrogens with zero attached hydrogens (tertiary/aromatic N) is 3. The molecule has 104 valence electrons. The van der Waals surface area contributed by atoms with Crippen LogP contribution in [-0.2, 0) is 0 Å². The van der Waals surface area contributed by atoms with Gasteiger partial charge >= 0.3 is 0 Å². The summed E-state index contributed by atoms with van der Waals surface area (Å²) in [4.78, 5) is 23.4. The molecule has 1 saturated heterocycles. The summed E-state index contributed by atoms with van der Waals surface area (Å²) in [5.41, 5.74) is 2.84. The highest BCUT2D eigenvalue weighted by atomic mass is 32.1. The van der Waals surface area contributed by atoms with E-state index in [1.165, 1.54) is 11.3 Å². The average molecular weight is 288 g/mol. The summed E-state index contributed by atoms with van der Waals surface area (Å²) < 4.78 is 0. The first-order valence-corrected chi connectivity index (χ1v) is 7.50. The van der Waals surface area contributed by atoms with Crippen molar-refractivity contribution in [2.75, 3.05) is 18.9 Å². The molecule has 0 aliphatic carbocycles. The van der Waals surface area contributed by atoms with Gasteiger partial charge in [0.05, 0.1) is 17.7 Å². The maximum absolute atomic E-state index is 12.5. The number of nitrogens with one attached hydrogen (secondary N) is 1. The number of carbonyl (C=O) groups excluding carboxylic acids is 1. The van der Waals surface area contributed by atoms with Gasteiger partial charge in [0.25, 0.3) is 5.91 Å². The smallest absolute Gasteiger partial charge is 0.266 e. The molecule has 20 heavy (non-hydrogen) atoms. The second-order valence-electron chi connectivity index (χ2n) is 4.75. The molecule has 1 unspecified atom stereocenters. The van der Waals surface area contributed by atoms with Gasteiger partial charge in [-0.25, -0.2) is 4.98 Å². The SMILES string of the molecule is CNc1cc(C2CCCN2C(=O)c2cncs2)ccn1. The van der Waals surface area contributed by atoms with E-state index in [2.05, 4.69) is 15.3 Å². The highest BCUT2D eigenvalue weighted by molar-refractivity contribution is 7.11. The fourth-order valence-electron chi connectivity index (χ4n) is 2.61. The molecule has 0 saturated carbocycles.